The third-order valence-corrected chi connectivity index (χ3v) is 5.67. The van der Waals surface area contributed by atoms with Gasteiger partial charge < -0.3 is 10.6 Å². The van der Waals surface area contributed by atoms with Gasteiger partial charge in [-0.25, -0.2) is 0 Å². The smallest absolute Gasteiger partial charge is 0.286 e. The topological polar surface area (TPSA) is 151 Å². The van der Waals surface area contributed by atoms with Gasteiger partial charge in [0.1, 0.15) is 10.5 Å². The van der Waals surface area contributed by atoms with E-state index in [0.717, 1.165) is 23.5 Å². The highest BCUT2D eigenvalue weighted by Gasteiger charge is 2.34. The number of benzene rings is 1. The summed E-state index contributed by atoms with van der Waals surface area (Å²) in [6.07, 6.45) is -0.332. The van der Waals surface area contributed by atoms with Gasteiger partial charge in [0.15, 0.2) is 0 Å². The molecular weight excluding hydrogens is 408 g/mol. The number of rotatable bonds is 6. The highest BCUT2D eigenvalue weighted by Crippen LogP contribution is 2.24. The summed E-state index contributed by atoms with van der Waals surface area (Å²) in [5.41, 5.74) is 0.779. The van der Waals surface area contributed by atoms with Crippen LogP contribution in [0.4, 0.5) is 21.0 Å². The highest BCUT2D eigenvalue weighted by atomic mass is 32.2. The zero-order chi connectivity index (χ0) is 20.3. The van der Waals surface area contributed by atoms with Crippen LogP contribution in [0.2, 0.25) is 0 Å². The van der Waals surface area contributed by atoms with Gasteiger partial charge in [-0.3, -0.25) is 39.4 Å². The first-order valence-corrected chi connectivity index (χ1v) is 9.79. The summed E-state index contributed by atoms with van der Waals surface area (Å²) in [5.74, 6) is -1.91. The molecule has 0 radical (unpaired) electrons. The van der Waals surface area contributed by atoms with Crippen LogP contribution < -0.4 is 21.3 Å². The van der Waals surface area contributed by atoms with Gasteiger partial charge in [0.05, 0.1) is 0 Å². The number of hydrogen-bond acceptors (Lipinski definition) is 8. The van der Waals surface area contributed by atoms with E-state index >= 15 is 0 Å². The molecule has 1 aromatic carbocycles. The molecule has 2 heterocycles. The van der Waals surface area contributed by atoms with Crippen molar-refractivity contribution < 1.29 is 28.8 Å². The quantitative estimate of drug-likeness (QED) is 0.531. The van der Waals surface area contributed by atoms with Crippen molar-refractivity contribution in [2.24, 2.45) is 0 Å². The van der Waals surface area contributed by atoms with Crippen LogP contribution in [-0.4, -0.2) is 44.6 Å². The molecule has 1 aromatic rings. The van der Waals surface area contributed by atoms with Crippen LogP contribution in [0, 0.1) is 0 Å². The van der Waals surface area contributed by atoms with Crippen LogP contribution in [0.25, 0.3) is 0 Å². The van der Waals surface area contributed by atoms with E-state index in [0.29, 0.717) is 11.4 Å². The number of anilines is 2. The number of carbonyl (C=O) groups excluding carboxylic acids is 6. The molecular formula is C16H14N4O6S2. The average Bonchev–Trinajstić information content (AvgIpc) is 3.07. The minimum Gasteiger partial charge on any atom is -0.326 e. The van der Waals surface area contributed by atoms with Gasteiger partial charge in [-0.2, -0.15) is 0 Å². The lowest BCUT2D eigenvalue weighted by molar-refractivity contribution is -0.122. The predicted octanol–water partition coefficient (Wildman–Crippen LogP) is 1.05. The lowest BCUT2D eigenvalue weighted by Crippen LogP contribution is -2.28. The largest absolute Gasteiger partial charge is 0.326 e. The van der Waals surface area contributed by atoms with Crippen molar-refractivity contribution >= 4 is 69.0 Å². The van der Waals surface area contributed by atoms with Crippen LogP contribution in [0.3, 0.4) is 0 Å². The number of imide groups is 2. The van der Waals surface area contributed by atoms with Crippen molar-refractivity contribution in [3.05, 3.63) is 24.3 Å². The first-order chi connectivity index (χ1) is 13.3. The minimum atomic E-state index is -0.770. The Bertz CT molecular complexity index is 822. The minimum absolute atomic E-state index is 0.166. The maximum absolute atomic E-state index is 12.1. The third kappa shape index (κ3) is 5.10. The van der Waals surface area contributed by atoms with Gasteiger partial charge in [0.2, 0.25) is 23.6 Å². The lowest BCUT2D eigenvalue weighted by atomic mass is 10.2. The molecule has 0 spiro atoms. The van der Waals surface area contributed by atoms with Crippen LogP contribution in [0.15, 0.2) is 24.3 Å². The fourth-order valence-electron chi connectivity index (χ4n) is 2.49. The van der Waals surface area contributed by atoms with Crippen LogP contribution in [0.5, 0.6) is 0 Å². The van der Waals surface area contributed by atoms with E-state index in [9.17, 15) is 28.8 Å². The average molecular weight is 422 g/mol. The second kappa shape index (κ2) is 8.44. The maximum atomic E-state index is 12.1. The Balaban J connectivity index is 1.53. The highest BCUT2D eigenvalue weighted by molar-refractivity contribution is 8.15. The molecule has 0 aromatic heterocycles. The van der Waals surface area contributed by atoms with Gasteiger partial charge >= 0.3 is 0 Å². The molecule has 2 fully saturated rings. The van der Waals surface area contributed by atoms with Crippen molar-refractivity contribution in [2.75, 3.05) is 10.6 Å². The van der Waals surface area contributed by atoms with Crippen molar-refractivity contribution in [3.8, 4) is 0 Å². The van der Waals surface area contributed by atoms with E-state index in [4.69, 9.17) is 0 Å². The number of carbonyl (C=O) groups is 6. The second-order valence-corrected chi connectivity index (χ2v) is 8.20. The molecule has 12 heteroatoms. The third-order valence-electron chi connectivity index (χ3n) is 3.71. The van der Waals surface area contributed by atoms with Crippen LogP contribution in [0.1, 0.15) is 12.8 Å². The molecule has 146 valence electrons. The molecule has 2 aliphatic rings. The van der Waals surface area contributed by atoms with Crippen LogP contribution >= 0.6 is 23.5 Å². The Labute approximate surface area is 166 Å². The number of amides is 6. The Morgan fingerprint density at radius 1 is 0.821 bits per heavy atom. The number of nitrogens with one attached hydrogen (secondary N) is 4. The zero-order valence-corrected chi connectivity index (χ0v) is 15.8. The Hall–Kier alpha value is -2.86. The van der Waals surface area contributed by atoms with Gasteiger partial charge in [-0.1, -0.05) is 29.6 Å². The monoisotopic (exact) mass is 422 g/mol. The molecule has 10 nitrogen and oxygen atoms in total. The van der Waals surface area contributed by atoms with Gasteiger partial charge in [0.25, 0.3) is 10.5 Å². The Kier molecular flexibility index (Phi) is 5.99. The summed E-state index contributed by atoms with van der Waals surface area (Å²) in [6, 6.07) is 6.31. The van der Waals surface area contributed by atoms with Gasteiger partial charge in [-0.15, -0.1) is 0 Å². The normalized spacial score (nSPS) is 21.3. The van der Waals surface area contributed by atoms with Crippen LogP contribution in [-0.2, 0) is 19.2 Å². The summed E-state index contributed by atoms with van der Waals surface area (Å²) in [7, 11) is 0. The molecule has 0 aliphatic carbocycles. The van der Waals surface area contributed by atoms with Crippen molar-refractivity contribution in [3.63, 3.8) is 0 Å². The molecule has 3 rings (SSSR count). The fourth-order valence-corrected chi connectivity index (χ4v) is 4.13. The second-order valence-electron chi connectivity index (χ2n) is 5.85. The predicted molar refractivity (Wildman–Crippen MR) is 103 cm³/mol. The van der Waals surface area contributed by atoms with E-state index < -0.39 is 44.6 Å². The van der Waals surface area contributed by atoms with E-state index in [2.05, 4.69) is 21.3 Å². The molecule has 2 atom stereocenters. The Morgan fingerprint density at radius 3 is 1.61 bits per heavy atom. The summed E-state index contributed by atoms with van der Waals surface area (Å²) < 4.78 is 0. The van der Waals surface area contributed by atoms with E-state index in [1.54, 1.807) is 18.2 Å². The van der Waals surface area contributed by atoms with Crippen molar-refractivity contribution in [1.82, 2.24) is 10.6 Å². The first-order valence-electron chi connectivity index (χ1n) is 8.03. The molecule has 2 aliphatic heterocycles. The van der Waals surface area contributed by atoms with Gasteiger partial charge in [0, 0.05) is 24.2 Å². The van der Waals surface area contributed by atoms with Crippen molar-refractivity contribution in [2.45, 2.75) is 23.3 Å². The molecule has 28 heavy (non-hydrogen) atoms. The SMILES string of the molecule is O=C(C[C@@H]1SC(=O)NC1=O)Nc1cccc(NC(=O)C[C@@H]2SC(=O)NC2=O)c1. The molecule has 0 bridgehead atoms. The van der Waals surface area contributed by atoms with Crippen molar-refractivity contribution in [1.29, 1.82) is 0 Å². The summed E-state index contributed by atoms with van der Waals surface area (Å²) in [6.45, 7) is 0. The summed E-state index contributed by atoms with van der Waals surface area (Å²) in [5, 5.41) is 6.90. The summed E-state index contributed by atoms with van der Waals surface area (Å²) >= 11 is 1.53. The van der Waals surface area contributed by atoms with E-state index in [-0.39, 0.29) is 12.8 Å². The summed E-state index contributed by atoms with van der Waals surface area (Å²) in [4.78, 5) is 69.4. The first kappa shape index (κ1) is 19.9. The maximum Gasteiger partial charge on any atom is 0.286 e. The molecule has 6 amide bonds. The lowest BCUT2D eigenvalue weighted by Gasteiger charge is -2.10. The molecule has 0 saturated carbocycles. The fraction of sp³-hybridized carbons (Fsp3) is 0.250. The Morgan fingerprint density at radius 2 is 1.25 bits per heavy atom. The standard InChI is InChI=1S/C16H14N4O6S2/c21-11(5-9-13(23)19-15(25)27-9)17-7-2-1-3-8(4-7)18-12(22)6-10-14(24)20-16(26)28-10/h1-4,9-10H,5-6H2,(H,17,21)(H,18,22)(H,19,23,25)(H,20,24,26)/t9-,10-/m0/s1. The molecule has 2 saturated heterocycles. The van der Waals surface area contributed by atoms with Gasteiger partial charge in [-0.05, 0) is 18.2 Å². The van der Waals surface area contributed by atoms with E-state index in [1.807, 2.05) is 0 Å². The number of hydrogen-bond donors (Lipinski definition) is 4. The molecule has 0 unspecified atom stereocenters. The zero-order valence-electron chi connectivity index (χ0n) is 14.1. The molecule has 4 N–H and O–H groups in total. The number of thioether (sulfide) groups is 2. The van der Waals surface area contributed by atoms with E-state index in [1.165, 1.54) is 6.07 Å².